The third-order valence-corrected chi connectivity index (χ3v) is 5.61. The van der Waals surface area contributed by atoms with Crippen molar-refractivity contribution in [2.24, 2.45) is 0 Å². The maximum Gasteiger partial charge on any atom is 0.470 e. The summed E-state index contributed by atoms with van der Waals surface area (Å²) in [6.07, 6.45) is -1.51. The Morgan fingerprint density at radius 2 is 2.04 bits per heavy atom. The van der Waals surface area contributed by atoms with Gasteiger partial charge < -0.3 is 30.1 Å². The van der Waals surface area contributed by atoms with Gasteiger partial charge in [-0.25, -0.2) is 19.5 Å². The van der Waals surface area contributed by atoms with Crippen molar-refractivity contribution in [1.82, 2.24) is 19.5 Å². The van der Waals surface area contributed by atoms with E-state index in [1.807, 2.05) is 0 Å². The third kappa shape index (κ3) is 4.03. The molecular weight excluding hydrogens is 393 g/mol. The van der Waals surface area contributed by atoms with Gasteiger partial charge in [-0.2, -0.15) is 0 Å². The summed E-state index contributed by atoms with van der Waals surface area (Å²) in [5, 5.41) is 23.9. The number of nitrogens with one attached hydrogen (secondary N) is 1. The van der Waals surface area contributed by atoms with Gasteiger partial charge in [-0.15, -0.1) is 0 Å². The lowest BCUT2D eigenvalue weighted by Gasteiger charge is -2.31. The average molecular weight is 417 g/mol. The Balaban J connectivity index is 1.86. The normalized spacial score (nSPS) is 27.8. The van der Waals surface area contributed by atoms with E-state index in [9.17, 15) is 14.8 Å². The van der Waals surface area contributed by atoms with Gasteiger partial charge in [0.2, 0.25) is 0 Å². The van der Waals surface area contributed by atoms with Gasteiger partial charge in [0.15, 0.2) is 17.7 Å². The largest absolute Gasteiger partial charge is 0.470 e. The molecule has 156 valence electrons. The van der Waals surface area contributed by atoms with Gasteiger partial charge in [0.05, 0.1) is 18.0 Å². The number of aliphatic hydroxyl groups excluding tert-OH is 2. The number of imidazole rings is 1. The van der Waals surface area contributed by atoms with Crippen molar-refractivity contribution in [3.05, 3.63) is 12.7 Å². The molecule has 5 atom stereocenters. The number of anilines is 1. The lowest BCUT2D eigenvalue weighted by Crippen LogP contribution is -2.38. The topological polar surface area (TPSA) is 172 Å². The first-order valence-electron chi connectivity index (χ1n) is 8.71. The van der Waals surface area contributed by atoms with Crippen LogP contribution in [0.25, 0.3) is 11.2 Å². The molecule has 3 rings (SSSR count). The molecule has 0 bridgehead atoms. The first-order chi connectivity index (χ1) is 13.1. The molecular formula is C15H24N5O7P. The Kier molecular flexibility index (Phi) is 5.74. The first-order valence-corrected chi connectivity index (χ1v) is 10.2. The minimum absolute atomic E-state index is 0.0350. The number of fused-ring (bicyclic) bond motifs is 1. The van der Waals surface area contributed by atoms with Gasteiger partial charge in [-0.1, -0.05) is 6.92 Å². The minimum Gasteiger partial charge on any atom is -0.388 e. The molecule has 0 aliphatic carbocycles. The second kappa shape index (κ2) is 7.64. The van der Waals surface area contributed by atoms with Gasteiger partial charge in [0, 0.05) is 13.5 Å². The van der Waals surface area contributed by atoms with E-state index < -0.39 is 38.0 Å². The van der Waals surface area contributed by atoms with E-state index >= 15 is 0 Å². The number of hydrogen-bond acceptors (Lipinski definition) is 9. The second-order valence-electron chi connectivity index (χ2n) is 6.93. The molecule has 0 saturated carbocycles. The number of nitrogens with zero attached hydrogens (tertiary/aromatic N) is 4. The number of phosphoric acid groups is 1. The highest BCUT2D eigenvalue weighted by Crippen LogP contribution is 2.46. The van der Waals surface area contributed by atoms with Crippen molar-refractivity contribution in [2.45, 2.75) is 56.8 Å². The zero-order valence-electron chi connectivity index (χ0n) is 15.6. The summed E-state index contributed by atoms with van der Waals surface area (Å²) in [4.78, 5) is 30.8. The summed E-state index contributed by atoms with van der Waals surface area (Å²) in [7, 11) is -3.05. The van der Waals surface area contributed by atoms with Gasteiger partial charge in [0.25, 0.3) is 0 Å². The molecule has 1 fully saturated rings. The third-order valence-electron chi connectivity index (χ3n) is 4.93. The van der Waals surface area contributed by atoms with Crippen molar-refractivity contribution in [3.63, 3.8) is 0 Å². The van der Waals surface area contributed by atoms with Crippen molar-refractivity contribution in [3.8, 4) is 0 Å². The maximum absolute atomic E-state index is 11.3. The quantitative estimate of drug-likeness (QED) is 0.388. The average Bonchev–Trinajstić information content (AvgIpc) is 3.16. The van der Waals surface area contributed by atoms with Crippen LogP contribution in [0.4, 0.5) is 5.82 Å². The molecule has 28 heavy (non-hydrogen) atoms. The van der Waals surface area contributed by atoms with Crippen LogP contribution in [-0.2, 0) is 13.8 Å². The second-order valence-corrected chi connectivity index (χ2v) is 8.10. The lowest BCUT2D eigenvalue weighted by atomic mass is 9.93. The molecule has 13 heteroatoms. The van der Waals surface area contributed by atoms with Gasteiger partial charge in [0.1, 0.15) is 24.1 Å². The van der Waals surface area contributed by atoms with Gasteiger partial charge >= 0.3 is 7.82 Å². The maximum atomic E-state index is 11.3. The summed E-state index contributed by atoms with van der Waals surface area (Å²) in [6.45, 7) is 3.21. The molecule has 0 spiro atoms. The van der Waals surface area contributed by atoms with E-state index in [1.54, 1.807) is 14.0 Å². The number of phosphoric ester groups is 1. The molecule has 2 aromatic heterocycles. The van der Waals surface area contributed by atoms with E-state index in [4.69, 9.17) is 19.0 Å². The zero-order valence-corrected chi connectivity index (χ0v) is 16.5. The fourth-order valence-electron chi connectivity index (χ4n) is 3.31. The SMILES string of the molecule is CCC(C)(C[C@H]1OC(n2cnc3c(NC)ncnc32)[C@H](O)[C@@H]1O)OP(=O)(O)O. The van der Waals surface area contributed by atoms with Crippen LogP contribution in [-0.4, -0.2) is 70.5 Å². The molecule has 0 amide bonds. The van der Waals surface area contributed by atoms with Crippen molar-refractivity contribution in [1.29, 1.82) is 0 Å². The Morgan fingerprint density at radius 1 is 1.32 bits per heavy atom. The van der Waals surface area contributed by atoms with E-state index in [0.29, 0.717) is 17.0 Å². The van der Waals surface area contributed by atoms with Crippen LogP contribution in [0, 0.1) is 0 Å². The Hall–Kier alpha value is -1.66. The number of rotatable bonds is 7. The highest BCUT2D eigenvalue weighted by molar-refractivity contribution is 7.46. The van der Waals surface area contributed by atoms with Crippen LogP contribution < -0.4 is 5.32 Å². The van der Waals surface area contributed by atoms with Crippen molar-refractivity contribution < 1.29 is 33.8 Å². The van der Waals surface area contributed by atoms with E-state index in [-0.39, 0.29) is 12.8 Å². The van der Waals surface area contributed by atoms with E-state index in [1.165, 1.54) is 24.1 Å². The predicted octanol–water partition coefficient (Wildman–Crippen LogP) is 0.155. The van der Waals surface area contributed by atoms with Gasteiger partial charge in [-0.05, 0) is 13.3 Å². The van der Waals surface area contributed by atoms with Crippen LogP contribution >= 0.6 is 7.82 Å². The smallest absolute Gasteiger partial charge is 0.388 e. The van der Waals surface area contributed by atoms with Crippen LogP contribution in [0.3, 0.4) is 0 Å². The number of aromatic nitrogens is 4. The molecule has 1 aliphatic rings. The van der Waals surface area contributed by atoms with Crippen molar-refractivity contribution in [2.75, 3.05) is 12.4 Å². The molecule has 1 saturated heterocycles. The predicted molar refractivity (Wildman–Crippen MR) is 97.2 cm³/mol. The standard InChI is InChI=1S/C15H24N5O7P/c1-4-15(2,27-28(23,24)25)5-8-10(21)11(22)14(26-8)20-7-19-9-12(16-3)17-6-18-13(9)20/h6-8,10-11,14,21-22H,4-5H2,1-3H3,(H,16,17,18)(H2,23,24,25)/t8-,10-,11-,14?,15?/m1/s1. The first kappa shape index (κ1) is 21.1. The van der Waals surface area contributed by atoms with Crippen molar-refractivity contribution >= 4 is 24.8 Å². The Bertz CT molecular complexity index is 889. The highest BCUT2D eigenvalue weighted by Gasteiger charge is 2.47. The molecule has 5 N–H and O–H groups in total. The Labute approximate surface area is 160 Å². The van der Waals surface area contributed by atoms with Gasteiger partial charge in [-0.3, -0.25) is 9.09 Å². The zero-order chi connectivity index (χ0) is 20.7. The highest BCUT2D eigenvalue weighted by atomic mass is 31.2. The molecule has 1 aliphatic heterocycles. The fourth-order valence-corrected chi connectivity index (χ4v) is 4.09. The fraction of sp³-hybridized carbons (Fsp3) is 0.667. The van der Waals surface area contributed by atoms with E-state index in [2.05, 4.69) is 20.3 Å². The Morgan fingerprint density at radius 3 is 2.64 bits per heavy atom. The summed E-state index contributed by atoms with van der Waals surface area (Å²) >= 11 is 0. The number of ether oxygens (including phenoxy) is 1. The van der Waals surface area contributed by atoms with Crippen LogP contribution in [0.5, 0.6) is 0 Å². The number of aliphatic hydroxyl groups is 2. The van der Waals surface area contributed by atoms with E-state index in [0.717, 1.165) is 0 Å². The molecule has 2 aromatic rings. The molecule has 2 unspecified atom stereocenters. The molecule has 3 heterocycles. The lowest BCUT2D eigenvalue weighted by molar-refractivity contribution is -0.0683. The van der Waals surface area contributed by atoms with Crippen LogP contribution in [0.2, 0.25) is 0 Å². The molecule has 0 aromatic carbocycles. The molecule has 0 radical (unpaired) electrons. The summed E-state index contributed by atoms with van der Waals surface area (Å²) in [5.74, 6) is 0.502. The monoisotopic (exact) mass is 417 g/mol. The summed E-state index contributed by atoms with van der Waals surface area (Å²) in [6, 6.07) is 0. The van der Waals surface area contributed by atoms with Crippen LogP contribution in [0.15, 0.2) is 12.7 Å². The number of hydrogen-bond donors (Lipinski definition) is 5. The summed E-state index contributed by atoms with van der Waals surface area (Å²) in [5.41, 5.74) is -0.374. The van der Waals surface area contributed by atoms with Crippen LogP contribution in [0.1, 0.15) is 32.9 Å². The summed E-state index contributed by atoms with van der Waals surface area (Å²) < 4.78 is 23.5. The minimum atomic E-state index is -4.74. The molecule has 12 nitrogen and oxygen atoms in total.